The molecule has 0 saturated heterocycles. The van der Waals surface area contributed by atoms with Crippen LogP contribution < -0.4 is 10.5 Å². The molecule has 1 aromatic carbocycles. The predicted octanol–water partition coefficient (Wildman–Crippen LogP) is 1.83. The summed E-state index contributed by atoms with van der Waals surface area (Å²) in [5, 5.41) is 0. The smallest absolute Gasteiger partial charge is 0.119 e. The van der Waals surface area contributed by atoms with Crippen LogP contribution in [0.25, 0.3) is 0 Å². The minimum Gasteiger partial charge on any atom is -0.492 e. The van der Waals surface area contributed by atoms with Crippen LogP contribution in [0.3, 0.4) is 0 Å². The highest BCUT2D eigenvalue weighted by Crippen LogP contribution is 2.07. The zero-order chi connectivity index (χ0) is 8.10. The van der Waals surface area contributed by atoms with Crippen molar-refractivity contribution in [3.05, 3.63) is 30.3 Å². The zero-order valence-corrected chi connectivity index (χ0v) is 7.88. The fraction of sp³-hybridized carbons (Fsp3) is 0.333. The highest BCUT2D eigenvalue weighted by atomic mass is 35.5. The standard InChI is InChI=1S/C9H13NO.ClH/c1-8(10)7-11-9-5-3-2-4-6-9;/h2-6,8H,7,10H2,1H3;1H/t8-;/m1./s1. The van der Waals surface area contributed by atoms with Crippen molar-refractivity contribution in [2.45, 2.75) is 13.0 Å². The number of para-hydroxylation sites is 1. The fourth-order valence-electron chi connectivity index (χ4n) is 0.744. The lowest BCUT2D eigenvalue weighted by atomic mass is 10.3. The Labute approximate surface area is 79.1 Å². The molecule has 0 spiro atoms. The minimum absolute atomic E-state index is 0. The second-order valence-corrected chi connectivity index (χ2v) is 2.60. The Balaban J connectivity index is 0.00000121. The van der Waals surface area contributed by atoms with Gasteiger partial charge in [-0.2, -0.15) is 0 Å². The Bertz CT molecular complexity index is 201. The van der Waals surface area contributed by atoms with Crippen molar-refractivity contribution in [3.63, 3.8) is 0 Å². The molecule has 2 nitrogen and oxygen atoms in total. The SMILES string of the molecule is C[C@@H](N)COc1ccccc1.Cl. The van der Waals surface area contributed by atoms with Gasteiger partial charge in [0.05, 0.1) is 0 Å². The van der Waals surface area contributed by atoms with E-state index in [4.69, 9.17) is 10.5 Å². The van der Waals surface area contributed by atoms with Gasteiger partial charge < -0.3 is 10.5 Å². The molecule has 1 rings (SSSR count). The van der Waals surface area contributed by atoms with Crippen LogP contribution in [0.4, 0.5) is 0 Å². The number of nitrogens with two attached hydrogens (primary N) is 1. The van der Waals surface area contributed by atoms with Crippen LogP contribution in [-0.4, -0.2) is 12.6 Å². The first kappa shape index (κ1) is 11.3. The summed E-state index contributed by atoms with van der Waals surface area (Å²) < 4.78 is 5.34. The summed E-state index contributed by atoms with van der Waals surface area (Å²) in [5.41, 5.74) is 5.52. The van der Waals surface area contributed by atoms with Crippen molar-refractivity contribution >= 4 is 12.4 Å². The molecule has 0 unspecified atom stereocenters. The second kappa shape index (κ2) is 5.86. The van der Waals surface area contributed by atoms with Crippen LogP contribution in [0.1, 0.15) is 6.92 Å². The molecule has 12 heavy (non-hydrogen) atoms. The number of hydrogen-bond acceptors (Lipinski definition) is 2. The molecule has 2 N–H and O–H groups in total. The van der Waals surface area contributed by atoms with E-state index in [1.807, 2.05) is 37.3 Å². The average molecular weight is 188 g/mol. The molecule has 3 heteroatoms. The maximum atomic E-state index is 5.52. The van der Waals surface area contributed by atoms with Gasteiger partial charge >= 0.3 is 0 Å². The molecule has 0 heterocycles. The molecule has 1 atom stereocenters. The Morgan fingerprint density at radius 2 is 1.92 bits per heavy atom. The van der Waals surface area contributed by atoms with E-state index in [-0.39, 0.29) is 18.4 Å². The van der Waals surface area contributed by atoms with Crippen LogP contribution in [0.5, 0.6) is 5.75 Å². The largest absolute Gasteiger partial charge is 0.492 e. The van der Waals surface area contributed by atoms with Crippen molar-refractivity contribution in [1.29, 1.82) is 0 Å². The first-order valence-electron chi connectivity index (χ1n) is 3.72. The van der Waals surface area contributed by atoms with Gasteiger partial charge in [0.1, 0.15) is 12.4 Å². The summed E-state index contributed by atoms with van der Waals surface area (Å²) in [7, 11) is 0. The molecule has 0 aliphatic carbocycles. The molecule has 0 fully saturated rings. The number of benzene rings is 1. The van der Waals surface area contributed by atoms with Crippen LogP contribution >= 0.6 is 12.4 Å². The lowest BCUT2D eigenvalue weighted by molar-refractivity contribution is 0.296. The van der Waals surface area contributed by atoms with Crippen LogP contribution in [-0.2, 0) is 0 Å². The van der Waals surface area contributed by atoms with Gasteiger partial charge in [-0.25, -0.2) is 0 Å². The Morgan fingerprint density at radius 1 is 1.33 bits per heavy atom. The molecular weight excluding hydrogens is 174 g/mol. The first-order valence-corrected chi connectivity index (χ1v) is 3.72. The lowest BCUT2D eigenvalue weighted by Crippen LogP contribution is -2.23. The molecule has 68 valence electrons. The van der Waals surface area contributed by atoms with E-state index in [1.165, 1.54) is 0 Å². The molecule has 0 aromatic heterocycles. The van der Waals surface area contributed by atoms with E-state index >= 15 is 0 Å². The van der Waals surface area contributed by atoms with Gasteiger partial charge in [0.15, 0.2) is 0 Å². The summed E-state index contributed by atoms with van der Waals surface area (Å²) >= 11 is 0. The third kappa shape index (κ3) is 4.21. The van der Waals surface area contributed by atoms with Crippen molar-refractivity contribution in [2.24, 2.45) is 5.73 Å². The van der Waals surface area contributed by atoms with E-state index in [2.05, 4.69) is 0 Å². The number of ether oxygens (including phenoxy) is 1. The monoisotopic (exact) mass is 187 g/mol. The van der Waals surface area contributed by atoms with E-state index in [9.17, 15) is 0 Å². The van der Waals surface area contributed by atoms with Gasteiger partial charge in [0.25, 0.3) is 0 Å². The van der Waals surface area contributed by atoms with E-state index in [0.29, 0.717) is 6.61 Å². The van der Waals surface area contributed by atoms with E-state index in [0.717, 1.165) is 5.75 Å². The van der Waals surface area contributed by atoms with Gasteiger partial charge in [-0.15, -0.1) is 12.4 Å². The summed E-state index contributed by atoms with van der Waals surface area (Å²) in [6.07, 6.45) is 0. The van der Waals surface area contributed by atoms with Crippen molar-refractivity contribution in [1.82, 2.24) is 0 Å². The molecule has 0 saturated carbocycles. The van der Waals surface area contributed by atoms with E-state index in [1.54, 1.807) is 0 Å². The van der Waals surface area contributed by atoms with Gasteiger partial charge in [-0.3, -0.25) is 0 Å². The van der Waals surface area contributed by atoms with Gasteiger partial charge in [0.2, 0.25) is 0 Å². The summed E-state index contributed by atoms with van der Waals surface area (Å²) in [4.78, 5) is 0. The summed E-state index contributed by atoms with van der Waals surface area (Å²) in [6, 6.07) is 9.77. The van der Waals surface area contributed by atoms with Gasteiger partial charge in [-0.05, 0) is 19.1 Å². The Morgan fingerprint density at radius 3 is 2.42 bits per heavy atom. The van der Waals surface area contributed by atoms with Gasteiger partial charge in [-0.1, -0.05) is 18.2 Å². The molecular formula is C9H14ClNO. The molecule has 0 aliphatic rings. The topological polar surface area (TPSA) is 35.2 Å². The normalized spacial score (nSPS) is 11.5. The lowest BCUT2D eigenvalue weighted by Gasteiger charge is -2.07. The first-order chi connectivity index (χ1) is 5.29. The summed E-state index contributed by atoms with van der Waals surface area (Å²) in [6.45, 7) is 2.49. The van der Waals surface area contributed by atoms with Crippen LogP contribution in [0, 0.1) is 0 Å². The zero-order valence-electron chi connectivity index (χ0n) is 7.07. The maximum absolute atomic E-state index is 5.52. The predicted molar refractivity (Wildman–Crippen MR) is 52.8 cm³/mol. The van der Waals surface area contributed by atoms with Crippen molar-refractivity contribution < 1.29 is 4.74 Å². The van der Waals surface area contributed by atoms with Crippen LogP contribution in [0.2, 0.25) is 0 Å². The number of halogens is 1. The highest BCUT2D eigenvalue weighted by Gasteiger charge is 1.94. The third-order valence-corrected chi connectivity index (χ3v) is 1.26. The quantitative estimate of drug-likeness (QED) is 0.784. The highest BCUT2D eigenvalue weighted by molar-refractivity contribution is 5.85. The number of rotatable bonds is 3. The van der Waals surface area contributed by atoms with Gasteiger partial charge in [0, 0.05) is 6.04 Å². The van der Waals surface area contributed by atoms with Crippen molar-refractivity contribution in [2.75, 3.05) is 6.61 Å². The molecule has 1 aromatic rings. The molecule has 0 aliphatic heterocycles. The molecule has 0 amide bonds. The summed E-state index contributed by atoms with van der Waals surface area (Å²) in [5.74, 6) is 0.879. The van der Waals surface area contributed by atoms with E-state index < -0.39 is 0 Å². The fourth-order valence-corrected chi connectivity index (χ4v) is 0.744. The van der Waals surface area contributed by atoms with Crippen LogP contribution in [0.15, 0.2) is 30.3 Å². The maximum Gasteiger partial charge on any atom is 0.119 e. The molecule has 0 bridgehead atoms. The second-order valence-electron chi connectivity index (χ2n) is 2.60. The third-order valence-electron chi connectivity index (χ3n) is 1.26. The van der Waals surface area contributed by atoms with Crippen molar-refractivity contribution in [3.8, 4) is 5.75 Å². The molecule has 0 radical (unpaired) electrons. The average Bonchev–Trinajstić information content (AvgIpc) is 2.03. The number of hydrogen-bond donors (Lipinski definition) is 1. The Kier molecular flexibility index (Phi) is 5.51. The minimum atomic E-state index is 0. The Hall–Kier alpha value is -0.730.